The molecule has 0 unspecified atom stereocenters. The van der Waals surface area contributed by atoms with Crippen molar-refractivity contribution in [3.63, 3.8) is 0 Å². The summed E-state index contributed by atoms with van der Waals surface area (Å²) in [6.45, 7) is 6.58. The Balaban J connectivity index is 1.54. The number of carbonyl (C=O) groups is 1. The maximum atomic E-state index is 13.8. The van der Waals surface area contributed by atoms with E-state index in [0.717, 1.165) is 16.9 Å². The maximum Gasteiger partial charge on any atom is 0.286 e. The van der Waals surface area contributed by atoms with Gasteiger partial charge in [-0.25, -0.2) is 12.8 Å². The minimum absolute atomic E-state index is 0.0445. The van der Waals surface area contributed by atoms with Crippen LogP contribution >= 0.6 is 11.3 Å². The average Bonchev–Trinajstić information content (AvgIpc) is 3.45. The van der Waals surface area contributed by atoms with Crippen LogP contribution in [0.4, 0.5) is 10.1 Å². The van der Waals surface area contributed by atoms with Crippen LogP contribution in [-0.4, -0.2) is 35.4 Å². The van der Waals surface area contributed by atoms with E-state index < -0.39 is 27.8 Å². The Morgan fingerprint density at radius 3 is 2.48 bits per heavy atom. The first-order valence-corrected chi connectivity index (χ1v) is 12.8. The van der Waals surface area contributed by atoms with Gasteiger partial charge in [-0.2, -0.15) is 4.31 Å². The molecule has 0 saturated carbocycles. The van der Waals surface area contributed by atoms with Crippen molar-refractivity contribution in [1.82, 2.24) is 14.5 Å². The van der Waals surface area contributed by atoms with Crippen molar-refractivity contribution in [3.8, 4) is 0 Å². The molecule has 0 bridgehead atoms. The topological polar surface area (TPSA) is 92.3 Å². The molecule has 1 saturated heterocycles. The average molecular weight is 489 g/mol. The van der Waals surface area contributed by atoms with Gasteiger partial charge in [0.05, 0.1) is 16.6 Å². The Morgan fingerprint density at radius 2 is 1.82 bits per heavy atom. The number of hydrogen-bond donors (Lipinski definition) is 1. The zero-order valence-corrected chi connectivity index (χ0v) is 20.2. The quantitative estimate of drug-likeness (QED) is 0.559. The van der Waals surface area contributed by atoms with E-state index in [9.17, 15) is 17.6 Å². The van der Waals surface area contributed by atoms with Crippen LogP contribution in [0.1, 0.15) is 60.0 Å². The van der Waals surface area contributed by atoms with Crippen LogP contribution in [0.15, 0.2) is 53.4 Å². The van der Waals surface area contributed by atoms with Gasteiger partial charge in [-0.05, 0) is 48.1 Å². The van der Waals surface area contributed by atoms with Crippen LogP contribution in [-0.2, 0) is 15.4 Å². The number of nitrogens with one attached hydrogen (secondary N) is 1. The molecule has 1 aliphatic rings. The number of carbonyl (C=O) groups excluding carboxylic acids is 1. The molecule has 1 aromatic heterocycles. The van der Waals surface area contributed by atoms with E-state index in [1.165, 1.54) is 22.5 Å². The molecule has 1 N–H and O–H groups in total. The molecule has 1 fully saturated rings. The van der Waals surface area contributed by atoms with Crippen molar-refractivity contribution in [1.29, 1.82) is 0 Å². The first-order chi connectivity index (χ1) is 15.6. The number of aromatic nitrogens is 2. The van der Waals surface area contributed by atoms with Crippen LogP contribution in [0.2, 0.25) is 0 Å². The third-order valence-corrected chi connectivity index (χ3v) is 8.52. The first-order valence-electron chi connectivity index (χ1n) is 10.6. The number of benzene rings is 2. The van der Waals surface area contributed by atoms with E-state index in [0.29, 0.717) is 24.4 Å². The van der Waals surface area contributed by atoms with Gasteiger partial charge in [-0.15, -0.1) is 10.2 Å². The standard InChI is InChI=1S/C23H25FN4O3S2/c1-23(2,3)15-10-12-16(13-11-15)33(30,31)28-14-6-9-19(28)21-26-27-22(32-21)20(29)25-18-8-5-4-7-17(18)24/h4-5,7-8,10-13,19H,6,9,14H2,1-3H3,(H,25,29)/t19-/m1/s1. The molecule has 3 aromatic rings. The van der Waals surface area contributed by atoms with Crippen molar-refractivity contribution < 1.29 is 17.6 Å². The predicted molar refractivity (Wildman–Crippen MR) is 125 cm³/mol. The van der Waals surface area contributed by atoms with Crippen LogP contribution in [0.5, 0.6) is 0 Å². The Bertz CT molecular complexity index is 1270. The number of hydrogen-bond acceptors (Lipinski definition) is 6. The third-order valence-electron chi connectivity index (χ3n) is 5.57. The van der Waals surface area contributed by atoms with Gasteiger partial charge in [0.1, 0.15) is 10.8 Å². The van der Waals surface area contributed by atoms with Crippen molar-refractivity contribution in [2.75, 3.05) is 11.9 Å². The SMILES string of the molecule is CC(C)(C)c1ccc(S(=O)(=O)N2CCC[C@@H]2c2nnc(C(=O)Nc3ccccc3F)s2)cc1. The number of rotatable bonds is 5. The Labute approximate surface area is 196 Å². The molecular formula is C23H25FN4O3S2. The summed E-state index contributed by atoms with van der Waals surface area (Å²) in [5.41, 5.74) is 1.02. The van der Waals surface area contributed by atoms with Crippen molar-refractivity contribution >= 4 is 33.0 Å². The Kier molecular flexibility index (Phi) is 6.35. The van der Waals surface area contributed by atoms with Crippen molar-refractivity contribution in [2.45, 2.75) is 50.0 Å². The molecule has 7 nitrogen and oxygen atoms in total. The van der Waals surface area contributed by atoms with E-state index in [1.807, 2.05) is 12.1 Å². The highest BCUT2D eigenvalue weighted by atomic mass is 32.2. The van der Waals surface area contributed by atoms with Gasteiger partial charge in [-0.3, -0.25) is 4.79 Å². The minimum atomic E-state index is -3.74. The van der Waals surface area contributed by atoms with Gasteiger partial charge >= 0.3 is 0 Å². The molecule has 174 valence electrons. The normalized spacial score (nSPS) is 17.3. The lowest BCUT2D eigenvalue weighted by atomic mass is 9.87. The minimum Gasteiger partial charge on any atom is -0.317 e. The van der Waals surface area contributed by atoms with Crippen LogP contribution in [0.3, 0.4) is 0 Å². The first kappa shape index (κ1) is 23.5. The van der Waals surface area contributed by atoms with Gasteiger partial charge in [0.2, 0.25) is 15.0 Å². The number of anilines is 1. The summed E-state index contributed by atoms with van der Waals surface area (Å²) in [6.07, 6.45) is 1.27. The van der Waals surface area contributed by atoms with E-state index in [4.69, 9.17) is 0 Å². The molecule has 1 aliphatic heterocycles. The lowest BCUT2D eigenvalue weighted by molar-refractivity contribution is 0.102. The van der Waals surface area contributed by atoms with Gasteiger partial charge in [0, 0.05) is 6.54 Å². The second-order valence-electron chi connectivity index (χ2n) is 8.93. The highest BCUT2D eigenvalue weighted by molar-refractivity contribution is 7.89. The van der Waals surface area contributed by atoms with E-state index in [-0.39, 0.29) is 21.0 Å². The van der Waals surface area contributed by atoms with Gasteiger partial charge in [0.25, 0.3) is 5.91 Å². The Morgan fingerprint density at radius 1 is 1.12 bits per heavy atom. The zero-order chi connectivity index (χ0) is 23.8. The Hall–Kier alpha value is -2.69. The zero-order valence-electron chi connectivity index (χ0n) is 18.6. The number of para-hydroxylation sites is 1. The summed E-state index contributed by atoms with van der Waals surface area (Å²) in [6, 6.07) is 12.3. The van der Waals surface area contributed by atoms with Gasteiger partial charge in [-0.1, -0.05) is 56.4 Å². The molecular weight excluding hydrogens is 463 g/mol. The van der Waals surface area contributed by atoms with Crippen LogP contribution in [0, 0.1) is 5.82 Å². The number of halogens is 1. The molecule has 0 spiro atoms. The highest BCUT2D eigenvalue weighted by Crippen LogP contribution is 2.38. The molecule has 4 rings (SSSR count). The van der Waals surface area contributed by atoms with Gasteiger partial charge in [0.15, 0.2) is 0 Å². The number of nitrogens with zero attached hydrogens (tertiary/aromatic N) is 3. The summed E-state index contributed by atoms with van der Waals surface area (Å²) >= 11 is 1.02. The predicted octanol–water partition coefficient (Wildman–Crippen LogP) is 4.75. The second kappa shape index (κ2) is 8.92. The van der Waals surface area contributed by atoms with Crippen molar-refractivity contribution in [2.24, 2.45) is 0 Å². The lowest BCUT2D eigenvalue weighted by Gasteiger charge is -2.23. The van der Waals surface area contributed by atoms with E-state index >= 15 is 0 Å². The van der Waals surface area contributed by atoms with E-state index in [2.05, 4.69) is 36.3 Å². The third kappa shape index (κ3) is 4.83. The molecule has 1 atom stereocenters. The summed E-state index contributed by atoms with van der Waals surface area (Å²) in [7, 11) is -3.74. The molecule has 2 aromatic carbocycles. The number of sulfonamides is 1. The van der Waals surface area contributed by atoms with Crippen LogP contribution < -0.4 is 5.32 Å². The smallest absolute Gasteiger partial charge is 0.286 e. The van der Waals surface area contributed by atoms with Gasteiger partial charge < -0.3 is 5.32 Å². The summed E-state index contributed by atoms with van der Waals surface area (Å²) < 4.78 is 42.0. The molecule has 2 heterocycles. The summed E-state index contributed by atoms with van der Waals surface area (Å²) in [5, 5.41) is 11.0. The van der Waals surface area contributed by atoms with Crippen LogP contribution in [0.25, 0.3) is 0 Å². The fourth-order valence-corrected chi connectivity index (χ4v) is 6.35. The molecule has 1 amide bonds. The van der Waals surface area contributed by atoms with Crippen molar-refractivity contribution in [3.05, 3.63) is 69.9 Å². The fourth-order valence-electron chi connectivity index (χ4n) is 3.74. The number of amides is 1. The lowest BCUT2D eigenvalue weighted by Crippen LogP contribution is -2.30. The summed E-state index contributed by atoms with van der Waals surface area (Å²) in [4.78, 5) is 12.7. The molecule has 10 heteroatoms. The highest BCUT2D eigenvalue weighted by Gasteiger charge is 2.38. The maximum absolute atomic E-state index is 13.8. The fraction of sp³-hybridized carbons (Fsp3) is 0.348. The summed E-state index contributed by atoms with van der Waals surface area (Å²) in [5.74, 6) is -1.14. The molecule has 33 heavy (non-hydrogen) atoms. The largest absolute Gasteiger partial charge is 0.317 e. The molecule has 0 aliphatic carbocycles. The molecule has 0 radical (unpaired) electrons. The second-order valence-corrected chi connectivity index (χ2v) is 11.8. The monoisotopic (exact) mass is 488 g/mol. The van der Waals surface area contributed by atoms with E-state index in [1.54, 1.807) is 18.2 Å².